The number of nitrogens with two attached hydrogens (primary N) is 1. The van der Waals surface area contributed by atoms with Crippen LogP contribution in [0.25, 0.3) is 0 Å². The van der Waals surface area contributed by atoms with Crippen LogP contribution in [0.3, 0.4) is 0 Å². The molecule has 24 heavy (non-hydrogen) atoms. The summed E-state index contributed by atoms with van der Waals surface area (Å²) >= 11 is 0. The van der Waals surface area contributed by atoms with E-state index in [0.717, 1.165) is 24.8 Å². The van der Waals surface area contributed by atoms with E-state index in [1.54, 1.807) is 0 Å². The van der Waals surface area contributed by atoms with Crippen molar-refractivity contribution in [2.24, 2.45) is 5.73 Å². The Hall–Kier alpha value is -0.680. The van der Waals surface area contributed by atoms with Gasteiger partial charge in [0, 0.05) is 6.42 Å². The van der Waals surface area contributed by atoms with Crippen molar-refractivity contribution in [3.05, 3.63) is 35.9 Å². The maximum atomic E-state index is 11.8. The van der Waals surface area contributed by atoms with Crippen LogP contribution in [-0.4, -0.2) is 47.5 Å². The van der Waals surface area contributed by atoms with Crippen LogP contribution in [0.15, 0.2) is 30.3 Å². The number of hydrogen-bond acceptors (Lipinski definition) is 4. The zero-order valence-electron chi connectivity index (χ0n) is 14.1. The number of hydrogen-bond donors (Lipinski definition) is 1. The predicted octanol–water partition coefficient (Wildman–Crippen LogP) is 3.12. The summed E-state index contributed by atoms with van der Waals surface area (Å²) in [5.74, 6) is -1.10. The van der Waals surface area contributed by atoms with E-state index in [2.05, 4.69) is 6.92 Å². The third-order valence-electron chi connectivity index (χ3n) is 3.80. The molecule has 1 rings (SSSR count). The second kappa shape index (κ2) is 14.6. The molecule has 130 valence electrons. The summed E-state index contributed by atoms with van der Waals surface area (Å²) in [4.78, 5) is 23.4. The quantitative estimate of drug-likeness (QED) is 0.290. The number of carbonyl (C=O) groups is 2. The van der Waals surface area contributed by atoms with Crippen LogP contribution in [-0.2, 0) is 20.7 Å². The minimum absolute atomic E-state index is 0. The Morgan fingerprint density at radius 2 is 1.58 bits per heavy atom. The number of rotatable bonds is 11. The zero-order valence-corrected chi connectivity index (χ0v) is 14.1. The van der Waals surface area contributed by atoms with Crippen molar-refractivity contribution in [1.29, 1.82) is 0 Å². The number of esters is 2. The minimum atomic E-state index is -0.796. The van der Waals surface area contributed by atoms with Crippen molar-refractivity contribution in [2.75, 3.05) is 0 Å². The molecule has 0 aliphatic carbocycles. The second-order valence-electron chi connectivity index (χ2n) is 5.96. The molecule has 0 radical (unpaired) electrons. The van der Waals surface area contributed by atoms with Crippen LogP contribution in [0.1, 0.15) is 63.9 Å². The summed E-state index contributed by atoms with van der Waals surface area (Å²) in [5.41, 5.74) is 6.75. The van der Waals surface area contributed by atoms with Gasteiger partial charge >= 0.3 is 41.5 Å². The molecule has 0 bridgehead atoms. The molecule has 0 spiro atoms. The van der Waals surface area contributed by atoms with Gasteiger partial charge in [0.15, 0.2) is 0 Å². The van der Waals surface area contributed by atoms with E-state index in [4.69, 9.17) is 10.5 Å². The van der Waals surface area contributed by atoms with Crippen LogP contribution in [0.2, 0.25) is 0 Å². The van der Waals surface area contributed by atoms with Crippen molar-refractivity contribution < 1.29 is 14.3 Å². The molecule has 5 heteroatoms. The van der Waals surface area contributed by atoms with E-state index >= 15 is 0 Å². The molecule has 0 amide bonds. The third-order valence-corrected chi connectivity index (χ3v) is 3.80. The topological polar surface area (TPSA) is 69.4 Å². The fourth-order valence-corrected chi connectivity index (χ4v) is 2.42. The number of ether oxygens (including phenoxy) is 1. The van der Waals surface area contributed by atoms with E-state index in [0.29, 0.717) is 6.42 Å². The molecule has 1 aromatic carbocycles. The van der Waals surface area contributed by atoms with Crippen LogP contribution in [0, 0.1) is 0 Å². The van der Waals surface area contributed by atoms with E-state index in [1.165, 1.54) is 25.7 Å². The molecule has 1 aromatic rings. The second-order valence-corrected chi connectivity index (χ2v) is 5.96. The molecular formula is C19H30NNaO3. The van der Waals surface area contributed by atoms with Crippen LogP contribution >= 0.6 is 0 Å². The third kappa shape index (κ3) is 11.0. The monoisotopic (exact) mass is 343 g/mol. The summed E-state index contributed by atoms with van der Waals surface area (Å²) in [7, 11) is 0. The average Bonchev–Trinajstić information content (AvgIpc) is 2.55. The molecule has 0 fully saturated rings. The van der Waals surface area contributed by atoms with Gasteiger partial charge in [0.1, 0.15) is 6.04 Å². The van der Waals surface area contributed by atoms with Crippen molar-refractivity contribution in [2.45, 2.75) is 70.8 Å². The Bertz CT molecular complexity index is 465. The van der Waals surface area contributed by atoms with E-state index in [-0.39, 0.29) is 36.0 Å². The van der Waals surface area contributed by atoms with Crippen LogP contribution in [0.5, 0.6) is 0 Å². The zero-order chi connectivity index (χ0) is 16.9. The summed E-state index contributed by atoms with van der Waals surface area (Å²) in [5, 5.41) is 0. The summed E-state index contributed by atoms with van der Waals surface area (Å²) in [6.45, 7) is 2.19. The van der Waals surface area contributed by atoms with Crippen molar-refractivity contribution in [3.8, 4) is 0 Å². The molecule has 0 aromatic heterocycles. The first kappa shape index (κ1) is 23.3. The first-order chi connectivity index (χ1) is 11.1. The summed E-state index contributed by atoms with van der Waals surface area (Å²) in [6.07, 6.45) is 8.55. The van der Waals surface area contributed by atoms with Crippen molar-refractivity contribution >= 4 is 41.5 Å². The average molecular weight is 343 g/mol. The molecule has 0 heterocycles. The Kier molecular flexibility index (Phi) is 14.2. The molecule has 0 aliphatic heterocycles. The van der Waals surface area contributed by atoms with Gasteiger partial charge in [-0.15, -0.1) is 0 Å². The van der Waals surface area contributed by atoms with Gasteiger partial charge in [0.05, 0.1) is 0 Å². The van der Waals surface area contributed by atoms with Gasteiger partial charge in [-0.2, -0.15) is 0 Å². The first-order valence-electron chi connectivity index (χ1n) is 8.67. The Morgan fingerprint density at radius 3 is 2.21 bits per heavy atom. The Balaban J connectivity index is 0.00000529. The fourth-order valence-electron chi connectivity index (χ4n) is 2.42. The maximum absolute atomic E-state index is 11.8. The SMILES string of the molecule is CCCCCCCCCC(=O)OC(=O)[C@@H](N)Cc1ccccc1.[NaH]. The Labute approximate surface area is 167 Å². The first-order valence-corrected chi connectivity index (χ1v) is 8.67. The molecule has 1 atom stereocenters. The molecule has 0 unspecified atom stereocenters. The number of benzene rings is 1. The van der Waals surface area contributed by atoms with Crippen molar-refractivity contribution in [3.63, 3.8) is 0 Å². The van der Waals surface area contributed by atoms with Crippen LogP contribution in [0.4, 0.5) is 0 Å². The van der Waals surface area contributed by atoms with Gasteiger partial charge in [-0.25, -0.2) is 4.79 Å². The van der Waals surface area contributed by atoms with E-state index in [1.807, 2.05) is 30.3 Å². The van der Waals surface area contributed by atoms with Gasteiger partial charge in [-0.1, -0.05) is 75.8 Å². The van der Waals surface area contributed by atoms with E-state index in [9.17, 15) is 9.59 Å². The summed E-state index contributed by atoms with van der Waals surface area (Å²) < 4.78 is 4.83. The molecule has 2 N–H and O–H groups in total. The van der Waals surface area contributed by atoms with Gasteiger partial charge in [0.2, 0.25) is 0 Å². The molecule has 0 saturated carbocycles. The van der Waals surface area contributed by atoms with Crippen LogP contribution < -0.4 is 5.73 Å². The normalized spacial score (nSPS) is 11.4. The standard InChI is InChI=1S/C19H29NO3.Na.H/c1-2-3-4-5-6-7-11-14-18(21)23-19(22)17(20)15-16-12-9-8-10-13-16;;/h8-10,12-13,17H,2-7,11,14-15,20H2,1H3;;/t17-;;/m0../s1. The molecule has 4 nitrogen and oxygen atoms in total. The van der Waals surface area contributed by atoms with Gasteiger partial charge in [-0.3, -0.25) is 4.79 Å². The van der Waals surface area contributed by atoms with Crippen molar-refractivity contribution in [1.82, 2.24) is 0 Å². The number of unbranched alkanes of at least 4 members (excludes halogenated alkanes) is 6. The Morgan fingerprint density at radius 1 is 1.00 bits per heavy atom. The van der Waals surface area contributed by atoms with Gasteiger partial charge < -0.3 is 10.5 Å². The molecule has 0 saturated heterocycles. The number of carbonyl (C=O) groups excluding carboxylic acids is 2. The molecule has 0 aliphatic rings. The van der Waals surface area contributed by atoms with Gasteiger partial charge in [0.25, 0.3) is 0 Å². The van der Waals surface area contributed by atoms with Gasteiger partial charge in [-0.05, 0) is 18.4 Å². The fraction of sp³-hybridized carbons (Fsp3) is 0.579. The summed E-state index contributed by atoms with van der Waals surface area (Å²) in [6, 6.07) is 8.67. The van der Waals surface area contributed by atoms with E-state index < -0.39 is 18.0 Å². The predicted molar refractivity (Wildman–Crippen MR) is 99.0 cm³/mol. The molecular weight excluding hydrogens is 313 g/mol.